The summed E-state index contributed by atoms with van der Waals surface area (Å²) in [6, 6.07) is 0. The van der Waals surface area contributed by atoms with Gasteiger partial charge in [-0.1, -0.05) is 0 Å². The minimum absolute atomic E-state index is 0.0122. The van der Waals surface area contributed by atoms with Crippen molar-refractivity contribution >= 4 is 5.97 Å². The number of carbonyl (C=O) groups excluding carboxylic acids is 1. The van der Waals surface area contributed by atoms with E-state index in [2.05, 4.69) is 20.1 Å². The van der Waals surface area contributed by atoms with Crippen LogP contribution in [-0.4, -0.2) is 26.2 Å². The molecule has 0 aromatic heterocycles. The van der Waals surface area contributed by atoms with Gasteiger partial charge in [0.25, 0.3) is 0 Å². The van der Waals surface area contributed by atoms with Crippen molar-refractivity contribution in [2.75, 3.05) is 20.3 Å². The topological polar surface area (TPSA) is 56.8 Å². The summed E-state index contributed by atoms with van der Waals surface area (Å²) in [6.45, 7) is 2.09. The first-order valence-electron chi connectivity index (χ1n) is 2.89. The highest BCUT2D eigenvalue weighted by atomic mass is 17.3. The van der Waals surface area contributed by atoms with Crippen molar-refractivity contribution < 1.29 is 19.4 Å². The van der Waals surface area contributed by atoms with Gasteiger partial charge in [0.15, 0.2) is 0 Å². The van der Waals surface area contributed by atoms with Gasteiger partial charge in [-0.3, -0.25) is 4.79 Å². The molecule has 0 aromatic rings. The Morgan fingerprint density at radius 1 is 1.60 bits per heavy atom. The third kappa shape index (κ3) is 5.49. The van der Waals surface area contributed by atoms with E-state index >= 15 is 0 Å². The predicted molar refractivity (Wildman–Crippen MR) is 32.7 cm³/mol. The van der Waals surface area contributed by atoms with Crippen LogP contribution in [0.3, 0.4) is 0 Å². The van der Waals surface area contributed by atoms with E-state index in [1.54, 1.807) is 6.92 Å². The zero-order chi connectivity index (χ0) is 7.82. The predicted octanol–water partition coefficient (Wildman–Crippen LogP) is -0.368. The highest BCUT2D eigenvalue weighted by Gasteiger charge is 1.98. The fourth-order valence-electron chi connectivity index (χ4n) is 0.359. The van der Waals surface area contributed by atoms with Crippen LogP contribution in [0, 0.1) is 0 Å². The van der Waals surface area contributed by atoms with Crippen molar-refractivity contribution in [1.29, 1.82) is 0 Å². The Kier molecular flexibility index (Phi) is 6.05. The van der Waals surface area contributed by atoms with E-state index in [4.69, 9.17) is 0 Å². The first-order chi connectivity index (χ1) is 4.81. The Morgan fingerprint density at radius 2 is 2.30 bits per heavy atom. The summed E-state index contributed by atoms with van der Waals surface area (Å²) in [5.74, 6) is -0.375. The van der Waals surface area contributed by atoms with Gasteiger partial charge >= 0.3 is 5.97 Å². The van der Waals surface area contributed by atoms with Crippen LogP contribution in [0.5, 0.6) is 0 Å². The van der Waals surface area contributed by atoms with E-state index in [-0.39, 0.29) is 12.5 Å². The van der Waals surface area contributed by atoms with Gasteiger partial charge in [-0.2, -0.15) is 5.48 Å². The summed E-state index contributed by atoms with van der Waals surface area (Å²) in [4.78, 5) is 18.8. The van der Waals surface area contributed by atoms with Crippen molar-refractivity contribution in [3.8, 4) is 0 Å². The van der Waals surface area contributed by atoms with Crippen LogP contribution in [0.2, 0.25) is 0 Å². The van der Waals surface area contributed by atoms with E-state index in [1.807, 2.05) is 0 Å². The smallest absolute Gasteiger partial charge is 0.322 e. The molecule has 60 valence electrons. The van der Waals surface area contributed by atoms with E-state index in [0.29, 0.717) is 6.61 Å². The number of carbonyl (C=O) groups is 1. The SMILES string of the molecule is CCOC(=O)CNOOC. The van der Waals surface area contributed by atoms with E-state index < -0.39 is 0 Å². The molecular formula is C5H11NO4. The van der Waals surface area contributed by atoms with Crippen molar-refractivity contribution in [3.05, 3.63) is 0 Å². The average molecular weight is 149 g/mol. The van der Waals surface area contributed by atoms with E-state index in [0.717, 1.165) is 0 Å². The summed E-state index contributed by atoms with van der Waals surface area (Å²) in [5, 5.41) is 0. The quantitative estimate of drug-likeness (QED) is 0.250. The summed E-state index contributed by atoms with van der Waals surface area (Å²) < 4.78 is 4.55. The number of esters is 1. The van der Waals surface area contributed by atoms with Crippen molar-refractivity contribution in [2.24, 2.45) is 0 Å². The standard InChI is InChI=1S/C5H11NO4/c1-3-9-5(7)4-6-10-8-2/h6H,3-4H2,1-2H3. The number of hydrogen-bond donors (Lipinski definition) is 1. The van der Waals surface area contributed by atoms with Crippen molar-refractivity contribution in [2.45, 2.75) is 6.92 Å². The minimum Gasteiger partial charge on any atom is -0.465 e. The summed E-state index contributed by atoms with van der Waals surface area (Å²) in [7, 11) is 1.33. The van der Waals surface area contributed by atoms with Crippen LogP contribution >= 0.6 is 0 Å². The molecule has 0 heterocycles. The van der Waals surface area contributed by atoms with Crippen LogP contribution in [0.4, 0.5) is 0 Å². The largest absolute Gasteiger partial charge is 0.465 e. The van der Waals surface area contributed by atoms with Gasteiger partial charge in [-0.05, 0) is 6.92 Å². The van der Waals surface area contributed by atoms with Crippen molar-refractivity contribution in [1.82, 2.24) is 5.48 Å². The fraction of sp³-hybridized carbons (Fsp3) is 0.800. The maximum atomic E-state index is 10.5. The minimum atomic E-state index is -0.375. The zero-order valence-electron chi connectivity index (χ0n) is 6.05. The van der Waals surface area contributed by atoms with Crippen LogP contribution in [-0.2, 0) is 19.4 Å². The molecule has 1 N–H and O–H groups in total. The molecule has 5 nitrogen and oxygen atoms in total. The molecule has 0 saturated heterocycles. The van der Waals surface area contributed by atoms with Gasteiger partial charge in [-0.25, -0.2) is 4.89 Å². The molecule has 0 rings (SSSR count). The number of rotatable bonds is 5. The van der Waals surface area contributed by atoms with Crippen LogP contribution < -0.4 is 5.48 Å². The Balaban J connectivity index is 3.05. The third-order valence-corrected chi connectivity index (χ3v) is 0.664. The number of hydrogen-bond acceptors (Lipinski definition) is 5. The van der Waals surface area contributed by atoms with Gasteiger partial charge in [-0.15, -0.1) is 4.99 Å². The summed E-state index contributed by atoms with van der Waals surface area (Å²) >= 11 is 0. The molecule has 0 aliphatic carbocycles. The lowest BCUT2D eigenvalue weighted by Crippen LogP contribution is -2.24. The average Bonchev–Trinajstić information content (AvgIpc) is 1.89. The molecule has 0 atom stereocenters. The molecule has 0 aliphatic heterocycles. The van der Waals surface area contributed by atoms with Crippen LogP contribution in [0.1, 0.15) is 6.92 Å². The Labute approximate surface area is 59.1 Å². The second-order valence-corrected chi connectivity index (χ2v) is 1.38. The van der Waals surface area contributed by atoms with Crippen molar-refractivity contribution in [3.63, 3.8) is 0 Å². The molecule has 0 fully saturated rings. The molecule has 0 saturated carbocycles. The molecule has 0 unspecified atom stereocenters. The molecule has 5 heteroatoms. The summed E-state index contributed by atoms with van der Waals surface area (Å²) in [6.07, 6.45) is 0. The highest BCUT2D eigenvalue weighted by Crippen LogP contribution is 1.74. The maximum absolute atomic E-state index is 10.5. The monoisotopic (exact) mass is 149 g/mol. The van der Waals surface area contributed by atoms with Gasteiger partial charge < -0.3 is 4.74 Å². The number of ether oxygens (including phenoxy) is 1. The first-order valence-corrected chi connectivity index (χ1v) is 2.89. The number of nitrogens with one attached hydrogen (secondary N) is 1. The first kappa shape index (κ1) is 9.35. The van der Waals surface area contributed by atoms with E-state index in [9.17, 15) is 4.79 Å². The molecular weight excluding hydrogens is 138 g/mol. The van der Waals surface area contributed by atoms with E-state index in [1.165, 1.54) is 7.11 Å². The molecule has 0 amide bonds. The lowest BCUT2D eigenvalue weighted by molar-refractivity contribution is -0.316. The molecule has 0 aromatic carbocycles. The molecule has 10 heavy (non-hydrogen) atoms. The summed E-state index contributed by atoms with van der Waals surface area (Å²) in [5.41, 5.74) is 2.22. The van der Waals surface area contributed by atoms with Gasteiger partial charge in [0.1, 0.15) is 6.54 Å². The zero-order valence-corrected chi connectivity index (χ0v) is 6.05. The Morgan fingerprint density at radius 3 is 2.80 bits per heavy atom. The van der Waals surface area contributed by atoms with Crippen LogP contribution in [0.25, 0.3) is 0 Å². The van der Waals surface area contributed by atoms with Gasteiger partial charge in [0, 0.05) is 0 Å². The second-order valence-electron chi connectivity index (χ2n) is 1.38. The van der Waals surface area contributed by atoms with Gasteiger partial charge in [0.05, 0.1) is 13.7 Å². The number of hydroxylamine groups is 1. The van der Waals surface area contributed by atoms with Crippen LogP contribution in [0.15, 0.2) is 0 Å². The molecule has 0 bridgehead atoms. The molecule has 0 radical (unpaired) electrons. The normalized spacial score (nSPS) is 9.40. The third-order valence-electron chi connectivity index (χ3n) is 0.664. The second kappa shape index (κ2) is 6.47. The fourth-order valence-corrected chi connectivity index (χ4v) is 0.359. The Hall–Kier alpha value is -0.650. The maximum Gasteiger partial charge on any atom is 0.322 e. The molecule has 0 spiro atoms. The lowest BCUT2D eigenvalue weighted by atomic mass is 10.7. The lowest BCUT2D eigenvalue weighted by Gasteiger charge is -2.00. The Bertz CT molecular complexity index is 95.6. The highest BCUT2D eigenvalue weighted by molar-refractivity contribution is 5.71. The molecule has 0 aliphatic rings. The van der Waals surface area contributed by atoms with Gasteiger partial charge in [0.2, 0.25) is 0 Å².